The van der Waals surface area contributed by atoms with Crippen LogP contribution in [0, 0.1) is 0 Å². The number of hydrogen-bond acceptors (Lipinski definition) is 4. The number of anilines is 1. The van der Waals surface area contributed by atoms with Crippen molar-refractivity contribution in [2.75, 3.05) is 18.9 Å². The van der Waals surface area contributed by atoms with E-state index in [0.29, 0.717) is 5.95 Å². The maximum atomic E-state index is 4.34. The van der Waals surface area contributed by atoms with Gasteiger partial charge >= 0.3 is 0 Å². The normalized spacial score (nSPS) is 11.5. The van der Waals surface area contributed by atoms with E-state index in [0.717, 1.165) is 17.7 Å². The van der Waals surface area contributed by atoms with Crippen LogP contribution in [0.3, 0.4) is 0 Å². The summed E-state index contributed by atoms with van der Waals surface area (Å²) in [5.41, 5.74) is 2.02. The number of rotatable bonds is 5. The Morgan fingerprint density at radius 2 is 1.94 bits per heavy atom. The molecular weight excluding hydrogens is 226 g/mol. The lowest BCUT2D eigenvalue weighted by Gasteiger charge is -2.25. The second kappa shape index (κ2) is 5.18. The standard InChI is InChI=1S/C13H19N5/c1-13(2,9-14-3)18-12-16-7-11(8-17-12)10-4-5-15-6-10/h4-8,14-15H,9H2,1-3H3,(H,16,17,18). The highest BCUT2D eigenvalue weighted by Gasteiger charge is 2.17. The van der Waals surface area contributed by atoms with E-state index < -0.39 is 0 Å². The lowest BCUT2D eigenvalue weighted by molar-refractivity contribution is 0.526. The quantitative estimate of drug-likeness (QED) is 0.752. The van der Waals surface area contributed by atoms with Crippen LogP contribution in [0.5, 0.6) is 0 Å². The number of nitrogens with one attached hydrogen (secondary N) is 3. The zero-order valence-electron chi connectivity index (χ0n) is 11.0. The van der Waals surface area contributed by atoms with Crippen LogP contribution in [-0.4, -0.2) is 34.1 Å². The van der Waals surface area contributed by atoms with Crippen molar-refractivity contribution in [1.82, 2.24) is 20.3 Å². The van der Waals surface area contributed by atoms with Crippen LogP contribution in [0.25, 0.3) is 11.1 Å². The van der Waals surface area contributed by atoms with Gasteiger partial charge in [0.2, 0.25) is 5.95 Å². The molecule has 0 unspecified atom stereocenters. The van der Waals surface area contributed by atoms with E-state index in [2.05, 4.69) is 39.4 Å². The van der Waals surface area contributed by atoms with Crippen LogP contribution >= 0.6 is 0 Å². The van der Waals surface area contributed by atoms with Gasteiger partial charge in [0.25, 0.3) is 0 Å². The Morgan fingerprint density at radius 3 is 2.50 bits per heavy atom. The number of H-pyrrole nitrogens is 1. The van der Waals surface area contributed by atoms with Crippen LogP contribution < -0.4 is 10.6 Å². The Morgan fingerprint density at radius 1 is 1.22 bits per heavy atom. The molecule has 0 amide bonds. The zero-order valence-corrected chi connectivity index (χ0v) is 11.0. The smallest absolute Gasteiger partial charge is 0.223 e. The first-order valence-corrected chi connectivity index (χ1v) is 5.99. The molecule has 5 nitrogen and oxygen atoms in total. The molecule has 5 heteroatoms. The summed E-state index contributed by atoms with van der Waals surface area (Å²) in [5, 5.41) is 6.44. The van der Waals surface area contributed by atoms with Gasteiger partial charge in [-0.2, -0.15) is 0 Å². The van der Waals surface area contributed by atoms with Gasteiger partial charge < -0.3 is 15.6 Å². The maximum Gasteiger partial charge on any atom is 0.223 e. The van der Waals surface area contributed by atoms with Crippen molar-refractivity contribution >= 4 is 5.95 Å². The van der Waals surface area contributed by atoms with Crippen molar-refractivity contribution < 1.29 is 0 Å². The number of nitrogens with zero attached hydrogens (tertiary/aromatic N) is 2. The Hall–Kier alpha value is -1.88. The van der Waals surface area contributed by atoms with Crippen LogP contribution in [0.15, 0.2) is 30.9 Å². The van der Waals surface area contributed by atoms with E-state index in [-0.39, 0.29) is 5.54 Å². The topological polar surface area (TPSA) is 65.6 Å². The van der Waals surface area contributed by atoms with Crippen LogP contribution in [0.2, 0.25) is 0 Å². The maximum absolute atomic E-state index is 4.34. The van der Waals surface area contributed by atoms with Gasteiger partial charge in [-0.25, -0.2) is 9.97 Å². The fourth-order valence-corrected chi connectivity index (χ4v) is 1.83. The molecule has 0 saturated carbocycles. The van der Waals surface area contributed by atoms with E-state index in [1.54, 1.807) is 0 Å². The highest BCUT2D eigenvalue weighted by atomic mass is 15.1. The molecule has 0 saturated heterocycles. The van der Waals surface area contributed by atoms with E-state index in [4.69, 9.17) is 0 Å². The molecule has 0 aliphatic rings. The third-order valence-corrected chi connectivity index (χ3v) is 2.65. The molecule has 0 radical (unpaired) electrons. The molecule has 96 valence electrons. The van der Waals surface area contributed by atoms with Crippen molar-refractivity contribution in [1.29, 1.82) is 0 Å². The summed E-state index contributed by atoms with van der Waals surface area (Å²) in [4.78, 5) is 11.7. The lowest BCUT2D eigenvalue weighted by atomic mass is 10.1. The number of hydrogen-bond donors (Lipinski definition) is 3. The molecule has 0 fully saturated rings. The number of likely N-dealkylation sites (N-methyl/N-ethyl adjacent to an activating group) is 1. The Bertz CT molecular complexity index is 473. The van der Waals surface area contributed by atoms with Gasteiger partial charge in [-0.05, 0) is 27.0 Å². The third kappa shape index (κ3) is 3.07. The molecular formula is C13H19N5. The average molecular weight is 245 g/mol. The monoisotopic (exact) mass is 245 g/mol. The lowest BCUT2D eigenvalue weighted by Crippen LogP contribution is -2.41. The molecule has 0 atom stereocenters. The minimum atomic E-state index is -0.0790. The second-order valence-electron chi connectivity index (χ2n) is 4.93. The van der Waals surface area contributed by atoms with E-state index in [1.807, 2.05) is 37.9 Å². The van der Waals surface area contributed by atoms with Gasteiger partial charge in [-0.1, -0.05) is 0 Å². The molecule has 3 N–H and O–H groups in total. The predicted octanol–water partition coefficient (Wildman–Crippen LogP) is 1.88. The van der Waals surface area contributed by atoms with Gasteiger partial charge in [0.05, 0.1) is 0 Å². The summed E-state index contributed by atoms with van der Waals surface area (Å²) in [7, 11) is 1.93. The van der Waals surface area contributed by atoms with Crippen LogP contribution in [0.1, 0.15) is 13.8 Å². The van der Waals surface area contributed by atoms with Crippen molar-refractivity contribution in [3.8, 4) is 11.1 Å². The second-order valence-corrected chi connectivity index (χ2v) is 4.93. The molecule has 2 heterocycles. The summed E-state index contributed by atoms with van der Waals surface area (Å²) in [5.74, 6) is 0.648. The Labute approximate surface area is 107 Å². The average Bonchev–Trinajstić information content (AvgIpc) is 2.82. The summed E-state index contributed by atoms with van der Waals surface area (Å²) >= 11 is 0. The molecule has 2 aromatic rings. The van der Waals surface area contributed by atoms with Crippen LogP contribution in [-0.2, 0) is 0 Å². The van der Waals surface area contributed by atoms with Crippen molar-refractivity contribution in [2.45, 2.75) is 19.4 Å². The molecule has 0 aromatic carbocycles. The van der Waals surface area contributed by atoms with E-state index >= 15 is 0 Å². The fraction of sp³-hybridized carbons (Fsp3) is 0.385. The van der Waals surface area contributed by atoms with Crippen molar-refractivity contribution in [3.05, 3.63) is 30.9 Å². The largest absolute Gasteiger partial charge is 0.367 e. The molecule has 0 spiro atoms. The summed E-state index contributed by atoms with van der Waals surface area (Å²) in [6.07, 6.45) is 7.47. The zero-order chi connectivity index (χ0) is 13.0. The first-order valence-electron chi connectivity index (χ1n) is 5.99. The highest BCUT2D eigenvalue weighted by molar-refractivity contribution is 5.60. The third-order valence-electron chi connectivity index (χ3n) is 2.65. The first kappa shape index (κ1) is 12.6. The molecule has 0 aliphatic heterocycles. The van der Waals surface area contributed by atoms with Crippen molar-refractivity contribution in [3.63, 3.8) is 0 Å². The van der Waals surface area contributed by atoms with Gasteiger partial charge in [0.1, 0.15) is 0 Å². The molecule has 18 heavy (non-hydrogen) atoms. The molecule has 0 bridgehead atoms. The fourth-order valence-electron chi connectivity index (χ4n) is 1.83. The summed E-state index contributed by atoms with van der Waals surface area (Å²) < 4.78 is 0. The van der Waals surface area contributed by atoms with E-state index in [9.17, 15) is 0 Å². The molecule has 0 aliphatic carbocycles. The van der Waals surface area contributed by atoms with Gasteiger partial charge in [0.15, 0.2) is 0 Å². The Kier molecular flexibility index (Phi) is 3.62. The number of aromatic amines is 1. The highest BCUT2D eigenvalue weighted by Crippen LogP contribution is 2.17. The van der Waals surface area contributed by atoms with Gasteiger partial charge in [-0.3, -0.25) is 0 Å². The minimum absolute atomic E-state index is 0.0790. The predicted molar refractivity (Wildman–Crippen MR) is 73.4 cm³/mol. The Balaban J connectivity index is 2.09. The van der Waals surface area contributed by atoms with Crippen molar-refractivity contribution in [2.24, 2.45) is 0 Å². The van der Waals surface area contributed by atoms with E-state index in [1.165, 1.54) is 0 Å². The van der Waals surface area contributed by atoms with Gasteiger partial charge in [0, 0.05) is 48.0 Å². The SMILES string of the molecule is CNCC(C)(C)Nc1ncc(-c2cc[nH]c2)cn1. The molecule has 2 aromatic heterocycles. The van der Waals surface area contributed by atoms with Crippen LogP contribution in [0.4, 0.5) is 5.95 Å². The summed E-state index contributed by atoms with van der Waals surface area (Å²) in [6.45, 7) is 5.05. The first-order chi connectivity index (χ1) is 8.61. The summed E-state index contributed by atoms with van der Waals surface area (Å²) in [6, 6.07) is 2.00. The number of aromatic nitrogens is 3. The molecule has 2 rings (SSSR count). The van der Waals surface area contributed by atoms with Gasteiger partial charge in [-0.15, -0.1) is 0 Å². The minimum Gasteiger partial charge on any atom is -0.367 e.